The number of aliphatic carboxylic acids is 1. The fourth-order valence-electron chi connectivity index (χ4n) is 1.39. The maximum atomic E-state index is 11.4. The smallest absolute Gasteiger partial charge is 0.325 e. The Morgan fingerprint density at radius 1 is 1.48 bits per heavy atom. The van der Waals surface area contributed by atoms with E-state index in [-0.39, 0.29) is 17.2 Å². The van der Waals surface area contributed by atoms with Crippen molar-refractivity contribution in [1.82, 2.24) is 5.32 Å². The molecular formula is C12H14N2O7. The van der Waals surface area contributed by atoms with Crippen LogP contribution in [0.5, 0.6) is 11.5 Å². The lowest BCUT2D eigenvalue weighted by Crippen LogP contribution is -2.40. The molecule has 114 valence electrons. The molecule has 1 aromatic carbocycles. The molecule has 0 aliphatic rings. The molecule has 1 amide bonds. The number of nitro benzene ring substituents is 1. The summed E-state index contributed by atoms with van der Waals surface area (Å²) in [5.41, 5.74) is -0.228. The van der Waals surface area contributed by atoms with Gasteiger partial charge in [0.15, 0.2) is 6.61 Å². The number of ether oxygens (including phenoxy) is 2. The van der Waals surface area contributed by atoms with Gasteiger partial charge in [0, 0.05) is 12.1 Å². The van der Waals surface area contributed by atoms with Gasteiger partial charge in [0.25, 0.3) is 5.91 Å². The summed E-state index contributed by atoms with van der Waals surface area (Å²) < 4.78 is 9.97. The van der Waals surface area contributed by atoms with E-state index in [0.29, 0.717) is 0 Å². The number of carboxylic acids is 1. The number of hydrogen-bond acceptors (Lipinski definition) is 6. The van der Waals surface area contributed by atoms with Gasteiger partial charge < -0.3 is 19.9 Å². The number of rotatable bonds is 7. The Kier molecular flexibility index (Phi) is 5.47. The summed E-state index contributed by atoms with van der Waals surface area (Å²) in [5.74, 6) is -1.60. The van der Waals surface area contributed by atoms with Gasteiger partial charge in [0.2, 0.25) is 5.75 Å². The number of nitro groups is 1. The lowest BCUT2D eigenvalue weighted by atomic mass is 10.3. The van der Waals surface area contributed by atoms with Crippen LogP contribution >= 0.6 is 0 Å². The number of nitrogens with one attached hydrogen (secondary N) is 1. The molecule has 1 unspecified atom stereocenters. The van der Waals surface area contributed by atoms with Crippen LogP contribution in [0.4, 0.5) is 5.69 Å². The third kappa shape index (κ3) is 4.64. The molecule has 9 heteroatoms. The van der Waals surface area contributed by atoms with Gasteiger partial charge in [-0.2, -0.15) is 0 Å². The second kappa shape index (κ2) is 7.08. The van der Waals surface area contributed by atoms with E-state index in [0.717, 1.165) is 0 Å². The van der Waals surface area contributed by atoms with Crippen molar-refractivity contribution in [1.29, 1.82) is 0 Å². The molecule has 2 N–H and O–H groups in total. The van der Waals surface area contributed by atoms with E-state index >= 15 is 0 Å². The highest BCUT2D eigenvalue weighted by Gasteiger charge is 2.17. The topological polar surface area (TPSA) is 128 Å². The number of methoxy groups -OCH3 is 1. The van der Waals surface area contributed by atoms with Crippen molar-refractivity contribution >= 4 is 17.6 Å². The van der Waals surface area contributed by atoms with Gasteiger partial charge in [-0.25, -0.2) is 0 Å². The maximum absolute atomic E-state index is 11.4. The van der Waals surface area contributed by atoms with Crippen LogP contribution in [0.15, 0.2) is 18.2 Å². The highest BCUT2D eigenvalue weighted by atomic mass is 16.6. The van der Waals surface area contributed by atoms with Crippen molar-refractivity contribution in [2.24, 2.45) is 0 Å². The van der Waals surface area contributed by atoms with Crippen molar-refractivity contribution in [2.75, 3.05) is 13.7 Å². The van der Waals surface area contributed by atoms with Crippen molar-refractivity contribution in [3.8, 4) is 11.5 Å². The van der Waals surface area contributed by atoms with Crippen LogP contribution in [0.2, 0.25) is 0 Å². The molecule has 0 saturated heterocycles. The number of carbonyl (C=O) groups is 2. The Labute approximate surface area is 119 Å². The fraction of sp³-hybridized carbons (Fsp3) is 0.333. The summed E-state index contributed by atoms with van der Waals surface area (Å²) in [6, 6.07) is 2.74. The van der Waals surface area contributed by atoms with Crippen LogP contribution in [-0.2, 0) is 9.59 Å². The SMILES string of the molecule is COc1cc(OCC(=O)NC(C)C(=O)O)ccc1[N+](=O)[O-]. The van der Waals surface area contributed by atoms with Crippen LogP contribution in [-0.4, -0.2) is 41.7 Å². The molecule has 0 spiro atoms. The third-order valence-electron chi connectivity index (χ3n) is 2.47. The molecule has 0 bridgehead atoms. The summed E-state index contributed by atoms with van der Waals surface area (Å²) in [5, 5.41) is 21.5. The maximum Gasteiger partial charge on any atom is 0.325 e. The van der Waals surface area contributed by atoms with Gasteiger partial charge in [-0.15, -0.1) is 0 Å². The summed E-state index contributed by atoms with van der Waals surface area (Å²) >= 11 is 0. The molecule has 0 aliphatic carbocycles. The molecule has 0 aromatic heterocycles. The first-order chi connectivity index (χ1) is 9.85. The monoisotopic (exact) mass is 298 g/mol. The molecule has 0 radical (unpaired) electrons. The van der Waals surface area contributed by atoms with Gasteiger partial charge in [-0.1, -0.05) is 0 Å². The average Bonchev–Trinajstić information content (AvgIpc) is 2.44. The minimum absolute atomic E-state index is 0.00295. The van der Waals surface area contributed by atoms with E-state index in [1.54, 1.807) is 0 Å². The molecule has 1 aromatic rings. The van der Waals surface area contributed by atoms with Gasteiger partial charge in [0.05, 0.1) is 12.0 Å². The molecule has 21 heavy (non-hydrogen) atoms. The van der Waals surface area contributed by atoms with E-state index in [2.05, 4.69) is 5.32 Å². The van der Waals surface area contributed by atoms with Crippen LogP contribution in [0.3, 0.4) is 0 Å². The zero-order valence-corrected chi connectivity index (χ0v) is 11.4. The third-order valence-corrected chi connectivity index (χ3v) is 2.47. The van der Waals surface area contributed by atoms with Crippen LogP contribution in [0.1, 0.15) is 6.92 Å². The number of carboxylic acid groups (broad SMARTS) is 1. The molecule has 0 saturated carbocycles. The Morgan fingerprint density at radius 2 is 2.14 bits per heavy atom. The minimum atomic E-state index is -1.17. The molecule has 0 fully saturated rings. The lowest BCUT2D eigenvalue weighted by Gasteiger charge is -2.11. The Hall–Kier alpha value is -2.84. The molecule has 1 atom stereocenters. The number of nitrogens with zero attached hydrogens (tertiary/aromatic N) is 1. The summed E-state index contributed by atoms with van der Waals surface area (Å²) in [6.07, 6.45) is 0. The van der Waals surface area contributed by atoms with Gasteiger partial charge in [-0.05, 0) is 13.0 Å². The quantitative estimate of drug-likeness (QED) is 0.556. The Bertz CT molecular complexity index is 559. The zero-order chi connectivity index (χ0) is 16.0. The largest absolute Gasteiger partial charge is 0.490 e. The first-order valence-electron chi connectivity index (χ1n) is 5.82. The molecular weight excluding hydrogens is 284 g/mol. The van der Waals surface area contributed by atoms with Crippen LogP contribution in [0.25, 0.3) is 0 Å². The molecule has 0 heterocycles. The van der Waals surface area contributed by atoms with Crippen molar-refractivity contribution in [2.45, 2.75) is 13.0 Å². The summed E-state index contributed by atoms with van der Waals surface area (Å²) in [6.45, 7) is 0.897. The Morgan fingerprint density at radius 3 is 2.67 bits per heavy atom. The summed E-state index contributed by atoms with van der Waals surface area (Å²) in [4.78, 5) is 32.1. The van der Waals surface area contributed by atoms with Crippen molar-refractivity contribution in [3.05, 3.63) is 28.3 Å². The van der Waals surface area contributed by atoms with E-state index in [1.807, 2.05) is 0 Å². The summed E-state index contributed by atoms with van der Waals surface area (Å²) in [7, 11) is 1.27. The first kappa shape index (κ1) is 16.2. The lowest BCUT2D eigenvalue weighted by molar-refractivity contribution is -0.385. The second-order valence-corrected chi connectivity index (χ2v) is 4.01. The predicted molar refractivity (Wildman–Crippen MR) is 70.4 cm³/mol. The normalized spacial score (nSPS) is 11.3. The highest BCUT2D eigenvalue weighted by Crippen LogP contribution is 2.30. The van der Waals surface area contributed by atoms with Gasteiger partial charge in [0.1, 0.15) is 11.8 Å². The van der Waals surface area contributed by atoms with Gasteiger partial charge >= 0.3 is 11.7 Å². The number of benzene rings is 1. The van der Waals surface area contributed by atoms with E-state index in [9.17, 15) is 19.7 Å². The van der Waals surface area contributed by atoms with Crippen LogP contribution < -0.4 is 14.8 Å². The second-order valence-electron chi connectivity index (χ2n) is 4.01. The number of amides is 1. The molecule has 0 aliphatic heterocycles. The van der Waals surface area contributed by atoms with Crippen molar-refractivity contribution in [3.63, 3.8) is 0 Å². The average molecular weight is 298 g/mol. The molecule has 9 nitrogen and oxygen atoms in total. The number of hydrogen-bond donors (Lipinski definition) is 2. The van der Waals surface area contributed by atoms with E-state index in [4.69, 9.17) is 14.6 Å². The predicted octanol–water partition coefficient (Wildman–Crippen LogP) is 0.571. The number of carbonyl (C=O) groups excluding carboxylic acids is 1. The first-order valence-corrected chi connectivity index (χ1v) is 5.82. The standard InChI is InChI=1S/C12H14N2O7/c1-7(12(16)17)13-11(15)6-21-8-3-4-9(14(18)19)10(5-8)20-2/h3-5,7H,6H2,1-2H3,(H,13,15)(H,16,17). The zero-order valence-electron chi connectivity index (χ0n) is 11.4. The van der Waals surface area contributed by atoms with Gasteiger partial charge in [-0.3, -0.25) is 19.7 Å². The van der Waals surface area contributed by atoms with E-state index in [1.165, 1.54) is 32.2 Å². The fourth-order valence-corrected chi connectivity index (χ4v) is 1.39. The molecule has 1 rings (SSSR count). The minimum Gasteiger partial charge on any atom is -0.490 e. The van der Waals surface area contributed by atoms with Crippen LogP contribution in [0, 0.1) is 10.1 Å². The Balaban J connectivity index is 2.66. The van der Waals surface area contributed by atoms with E-state index < -0.39 is 29.4 Å². The highest BCUT2D eigenvalue weighted by molar-refractivity contribution is 5.84. The van der Waals surface area contributed by atoms with Crippen molar-refractivity contribution < 1.29 is 29.1 Å².